The van der Waals surface area contributed by atoms with E-state index >= 15 is 8.78 Å². The molecule has 1 spiro atoms. The number of fused-ring (bicyclic) bond motifs is 7. The van der Waals surface area contributed by atoms with Crippen LogP contribution in [-0.4, -0.2) is 89.7 Å². The van der Waals surface area contributed by atoms with Gasteiger partial charge < -0.3 is 25.0 Å². The molecule has 5 atom stereocenters. The number of carbonyl (C=O) groups is 4. The van der Waals surface area contributed by atoms with Crippen LogP contribution in [0.4, 0.5) is 13.6 Å². The number of rotatable bonds is 3. The van der Waals surface area contributed by atoms with Crippen LogP contribution >= 0.6 is 0 Å². The number of cyclic esters (lactones) is 1. The van der Waals surface area contributed by atoms with Crippen LogP contribution in [0.25, 0.3) is 11.0 Å². The number of halogens is 2. The first kappa shape index (κ1) is 39.4. The maximum Gasteiger partial charge on any atom is 0.407 e. The van der Waals surface area contributed by atoms with Crippen LogP contribution in [0.3, 0.4) is 0 Å². The number of ether oxygens (including phenoxy) is 2. The molecule has 3 aliphatic carbocycles. The molecular formula is C40H50F2N6O8S. The Kier molecular flexibility index (Phi) is 10.7. The Morgan fingerprint density at radius 3 is 2.39 bits per heavy atom. The van der Waals surface area contributed by atoms with Crippen molar-refractivity contribution in [1.29, 1.82) is 0 Å². The van der Waals surface area contributed by atoms with Gasteiger partial charge in [0.05, 0.1) is 35.4 Å². The van der Waals surface area contributed by atoms with E-state index in [1.807, 2.05) is 12.2 Å². The molecule has 0 radical (unpaired) electrons. The third kappa shape index (κ3) is 8.31. The lowest BCUT2D eigenvalue weighted by atomic mass is 9.66. The number of hydrogen-bond acceptors (Lipinski definition) is 10. The van der Waals surface area contributed by atoms with Crippen molar-refractivity contribution in [3.8, 4) is 5.88 Å². The first-order valence-corrected chi connectivity index (χ1v) is 21.9. The average Bonchev–Trinajstić information content (AvgIpc) is 4.09. The van der Waals surface area contributed by atoms with Gasteiger partial charge in [-0.2, -0.15) is 8.78 Å². The van der Waals surface area contributed by atoms with Gasteiger partial charge in [0.2, 0.25) is 27.7 Å². The van der Waals surface area contributed by atoms with Crippen molar-refractivity contribution in [3.05, 3.63) is 42.1 Å². The highest BCUT2D eigenvalue weighted by Gasteiger charge is 2.62. The number of benzene rings is 1. The van der Waals surface area contributed by atoms with E-state index in [-0.39, 0.29) is 43.5 Å². The molecule has 2 aromatic rings. The zero-order valence-electron chi connectivity index (χ0n) is 31.9. The third-order valence-electron chi connectivity index (χ3n) is 12.7. The highest BCUT2D eigenvalue weighted by molar-refractivity contribution is 7.91. The first-order chi connectivity index (χ1) is 27.3. The minimum Gasteiger partial charge on any atom is -0.470 e. The lowest BCUT2D eigenvalue weighted by Crippen LogP contribution is -2.55. The molecule has 3 aliphatic heterocycles. The molecule has 3 saturated carbocycles. The fourth-order valence-electron chi connectivity index (χ4n) is 8.79. The summed E-state index contributed by atoms with van der Waals surface area (Å²) in [6.07, 6.45) is 8.99. The van der Waals surface area contributed by atoms with E-state index in [9.17, 15) is 27.6 Å². The predicted molar refractivity (Wildman–Crippen MR) is 202 cm³/mol. The van der Waals surface area contributed by atoms with Crippen LogP contribution in [0, 0.1) is 17.3 Å². The highest BCUT2D eigenvalue weighted by atomic mass is 32.2. The van der Waals surface area contributed by atoms with Crippen LogP contribution in [0.2, 0.25) is 0 Å². The standard InChI is InChI=1S/C40H50F2N6O8S/c41-40(42)20-9-8-17-38(18-10-19-38)24-55-37(52)45-30-14-5-3-1-2-4-11-25-21-39(25,36(51)47-57(53,54)26-15-16-26)46-33(49)27-22-48(35(30)50)23-31(27)56-34-32(40)43-28-12-6-7-13-29(28)44-34/h4,6-7,11-13,25-27,30-31H,1-3,5,8-10,14-24H2,(H,45,52)(H,46,49)(H,47,51)/b11-4+/t25-,27?,30+,31+,39-/m1/s1. The van der Waals surface area contributed by atoms with Crippen LogP contribution in [0.15, 0.2) is 36.4 Å². The van der Waals surface area contributed by atoms with Gasteiger partial charge in [-0.25, -0.2) is 23.2 Å². The van der Waals surface area contributed by atoms with E-state index in [4.69, 9.17) is 9.47 Å². The van der Waals surface area contributed by atoms with E-state index in [0.29, 0.717) is 50.5 Å². The topological polar surface area (TPSA) is 186 Å². The summed E-state index contributed by atoms with van der Waals surface area (Å²) in [4.78, 5) is 66.1. The molecule has 4 fully saturated rings. The average molecular weight is 813 g/mol. The van der Waals surface area contributed by atoms with Crippen molar-refractivity contribution < 1.29 is 45.9 Å². The van der Waals surface area contributed by atoms with Crippen molar-refractivity contribution in [2.75, 3.05) is 19.7 Å². The fraction of sp³-hybridized carbons (Fsp3) is 0.650. The molecule has 1 aromatic carbocycles. The number of nitrogens with zero attached hydrogens (tertiary/aromatic N) is 3. The summed E-state index contributed by atoms with van der Waals surface area (Å²) < 4.78 is 72.7. The van der Waals surface area contributed by atoms with Crippen molar-refractivity contribution >= 4 is 44.9 Å². The minimum atomic E-state index is -3.95. The van der Waals surface area contributed by atoms with Crippen LogP contribution in [0.1, 0.15) is 102 Å². The van der Waals surface area contributed by atoms with E-state index in [0.717, 1.165) is 32.1 Å². The third-order valence-corrected chi connectivity index (χ3v) is 14.5. The Bertz CT molecular complexity index is 2060. The zero-order valence-corrected chi connectivity index (χ0v) is 32.7. The molecule has 4 heterocycles. The van der Waals surface area contributed by atoms with Crippen molar-refractivity contribution in [1.82, 2.24) is 30.2 Å². The second-order valence-corrected chi connectivity index (χ2v) is 18.9. The van der Waals surface area contributed by atoms with Crippen molar-refractivity contribution in [2.45, 2.75) is 125 Å². The van der Waals surface area contributed by atoms with Gasteiger partial charge in [0, 0.05) is 24.3 Å². The molecule has 3 N–H and O–H groups in total. The van der Waals surface area contributed by atoms with Gasteiger partial charge in [-0.1, -0.05) is 50.0 Å². The maximum absolute atomic E-state index is 16.4. The van der Waals surface area contributed by atoms with Gasteiger partial charge >= 0.3 is 6.09 Å². The van der Waals surface area contributed by atoms with Gasteiger partial charge in [0.15, 0.2) is 5.69 Å². The number of allylic oxidation sites excluding steroid dienone is 1. The summed E-state index contributed by atoms with van der Waals surface area (Å²) in [6, 6.07) is 5.55. The summed E-state index contributed by atoms with van der Waals surface area (Å²) in [7, 11) is -3.95. The second kappa shape index (κ2) is 15.4. The van der Waals surface area contributed by atoms with E-state index in [1.165, 1.54) is 4.90 Å². The molecule has 57 heavy (non-hydrogen) atoms. The fourth-order valence-corrected chi connectivity index (χ4v) is 10.1. The molecule has 8 rings (SSSR count). The normalized spacial score (nSPS) is 31.3. The van der Waals surface area contributed by atoms with Gasteiger partial charge in [-0.05, 0) is 76.3 Å². The summed E-state index contributed by atoms with van der Waals surface area (Å²) in [6.45, 7) is -0.356. The number of para-hydroxylation sites is 2. The number of hydrogen-bond donors (Lipinski definition) is 3. The van der Waals surface area contributed by atoms with E-state index in [2.05, 4.69) is 25.3 Å². The Hall–Kier alpha value is -4.41. The van der Waals surface area contributed by atoms with E-state index < -0.39 is 92.5 Å². The molecule has 6 aliphatic rings. The second-order valence-electron chi connectivity index (χ2n) is 16.9. The van der Waals surface area contributed by atoms with Crippen LogP contribution in [-0.2, 0) is 35.1 Å². The molecule has 1 aromatic heterocycles. The number of aromatic nitrogens is 2. The van der Waals surface area contributed by atoms with Gasteiger partial charge in [-0.3, -0.25) is 19.1 Å². The quantitative estimate of drug-likeness (QED) is 0.365. The lowest BCUT2D eigenvalue weighted by molar-refractivity contribution is -0.134. The van der Waals surface area contributed by atoms with Gasteiger partial charge in [0.25, 0.3) is 11.8 Å². The number of nitrogens with one attached hydrogen (secondary N) is 3. The summed E-state index contributed by atoms with van der Waals surface area (Å²) in [5.74, 6) is -7.73. The Morgan fingerprint density at radius 2 is 1.65 bits per heavy atom. The molecule has 4 bridgehead atoms. The molecule has 1 saturated heterocycles. The summed E-state index contributed by atoms with van der Waals surface area (Å²) >= 11 is 0. The maximum atomic E-state index is 16.4. The molecule has 1 unspecified atom stereocenters. The highest BCUT2D eigenvalue weighted by Crippen LogP contribution is 2.48. The summed E-state index contributed by atoms with van der Waals surface area (Å²) in [5.41, 5.74) is -2.05. The smallest absolute Gasteiger partial charge is 0.407 e. The van der Waals surface area contributed by atoms with Crippen LogP contribution in [0.5, 0.6) is 5.88 Å². The van der Waals surface area contributed by atoms with E-state index in [1.54, 1.807) is 24.3 Å². The number of alkyl carbamates (subject to hydrolysis) is 1. The molecule has 4 amide bonds. The predicted octanol–water partition coefficient (Wildman–Crippen LogP) is 4.77. The minimum absolute atomic E-state index is 0.114. The Labute approximate surface area is 330 Å². The SMILES string of the molecule is O=C1N[C@H]2CCCCC/C=C/[C@@H]3C[C@@]3(C(=O)NS(=O)(=O)C3CC3)NC(=O)C3CN(C[C@@H]3Oc3nc4ccccc4nc3C(F)(F)CCCCC3(CCC3)CO1)C2=O. The number of carbonyl (C=O) groups excluding carboxylic acids is 4. The largest absolute Gasteiger partial charge is 0.470 e. The van der Waals surface area contributed by atoms with Crippen molar-refractivity contribution in [2.24, 2.45) is 17.3 Å². The zero-order chi connectivity index (χ0) is 40.0. The first-order valence-electron chi connectivity index (χ1n) is 20.4. The Morgan fingerprint density at radius 1 is 0.912 bits per heavy atom. The molecular weight excluding hydrogens is 763 g/mol. The van der Waals surface area contributed by atoms with Gasteiger partial charge in [0.1, 0.15) is 17.7 Å². The van der Waals surface area contributed by atoms with Gasteiger partial charge in [-0.15, -0.1) is 0 Å². The number of amides is 4. The lowest BCUT2D eigenvalue weighted by Gasteiger charge is -2.41. The molecule has 14 nitrogen and oxygen atoms in total. The molecule has 308 valence electrons. The van der Waals surface area contributed by atoms with Crippen molar-refractivity contribution in [3.63, 3.8) is 0 Å². The summed E-state index contributed by atoms with van der Waals surface area (Å²) in [5, 5.41) is 4.93. The Balaban J connectivity index is 1.16. The monoisotopic (exact) mass is 812 g/mol. The van der Waals surface area contributed by atoms with Crippen LogP contribution < -0.4 is 20.1 Å². The number of alkyl halides is 2. The molecule has 17 heteroatoms. The number of sulfonamides is 1.